The minimum atomic E-state index is 0.0250. The van der Waals surface area contributed by atoms with E-state index in [1.165, 1.54) is 0 Å². The Morgan fingerprint density at radius 3 is 2.57 bits per heavy atom. The lowest BCUT2D eigenvalue weighted by atomic mass is 10.2. The topological polar surface area (TPSA) is 50.2 Å². The van der Waals surface area contributed by atoms with Crippen molar-refractivity contribution >= 4 is 11.6 Å². The normalized spacial score (nSPS) is 11.0. The van der Waals surface area contributed by atoms with Crippen molar-refractivity contribution in [1.29, 1.82) is 0 Å². The summed E-state index contributed by atoms with van der Waals surface area (Å²) in [6, 6.07) is 10.0. The summed E-state index contributed by atoms with van der Waals surface area (Å²) in [5, 5.41) is 7.46. The molecular weight excluding hydrogens is 288 g/mol. The summed E-state index contributed by atoms with van der Waals surface area (Å²) in [5.41, 5.74) is 4.11. The van der Waals surface area contributed by atoms with Crippen LogP contribution < -0.4 is 5.32 Å². The molecule has 0 bridgehead atoms. The molecule has 0 radical (unpaired) electrons. The van der Waals surface area contributed by atoms with Crippen molar-refractivity contribution in [3.05, 3.63) is 47.3 Å². The first-order valence-electron chi connectivity index (χ1n) is 8.14. The van der Waals surface area contributed by atoms with Crippen LogP contribution in [-0.4, -0.2) is 40.2 Å². The number of anilines is 1. The molecule has 1 amide bonds. The van der Waals surface area contributed by atoms with Crippen LogP contribution in [0.1, 0.15) is 30.8 Å². The van der Waals surface area contributed by atoms with Gasteiger partial charge in [0.25, 0.3) is 0 Å². The van der Waals surface area contributed by atoms with Gasteiger partial charge in [-0.25, -0.2) is 0 Å². The van der Waals surface area contributed by atoms with Crippen LogP contribution in [0.15, 0.2) is 30.3 Å². The van der Waals surface area contributed by atoms with Gasteiger partial charge in [0.15, 0.2) is 0 Å². The van der Waals surface area contributed by atoms with Crippen LogP contribution in [0.25, 0.3) is 0 Å². The molecule has 0 aliphatic rings. The van der Waals surface area contributed by atoms with Crippen LogP contribution >= 0.6 is 0 Å². The highest BCUT2D eigenvalue weighted by atomic mass is 16.2. The zero-order chi connectivity index (χ0) is 16.8. The molecule has 0 aliphatic carbocycles. The molecule has 124 valence electrons. The van der Waals surface area contributed by atoms with Gasteiger partial charge in [-0.05, 0) is 50.7 Å². The Labute approximate surface area is 138 Å². The van der Waals surface area contributed by atoms with E-state index >= 15 is 0 Å². The van der Waals surface area contributed by atoms with Gasteiger partial charge in [-0.15, -0.1) is 0 Å². The van der Waals surface area contributed by atoms with E-state index in [1.54, 1.807) is 0 Å². The smallest absolute Gasteiger partial charge is 0.238 e. The molecule has 0 spiro atoms. The summed E-state index contributed by atoms with van der Waals surface area (Å²) in [7, 11) is 0. The SMILES string of the molecule is CCN(CC)CC(=O)Nc1cccc(Cn2nc(C)cc2C)c1. The molecule has 5 nitrogen and oxygen atoms in total. The van der Waals surface area contributed by atoms with E-state index < -0.39 is 0 Å². The predicted octanol–water partition coefficient (Wildman–Crippen LogP) is 2.83. The Balaban J connectivity index is 2.02. The van der Waals surface area contributed by atoms with Crippen molar-refractivity contribution in [1.82, 2.24) is 14.7 Å². The summed E-state index contributed by atoms with van der Waals surface area (Å²) in [6.07, 6.45) is 0. The fourth-order valence-corrected chi connectivity index (χ4v) is 2.61. The van der Waals surface area contributed by atoms with Crippen molar-refractivity contribution in [3.8, 4) is 0 Å². The van der Waals surface area contributed by atoms with Crippen LogP contribution in [-0.2, 0) is 11.3 Å². The zero-order valence-electron chi connectivity index (χ0n) is 14.5. The summed E-state index contributed by atoms with van der Waals surface area (Å²) in [6.45, 7) is 11.1. The Hall–Kier alpha value is -2.14. The molecule has 2 aromatic rings. The van der Waals surface area contributed by atoms with Crippen molar-refractivity contribution in [3.63, 3.8) is 0 Å². The van der Waals surface area contributed by atoms with Gasteiger partial charge in [0.1, 0.15) is 0 Å². The standard InChI is InChI=1S/C18H26N4O/c1-5-21(6-2)13-18(23)19-17-9-7-8-16(11-17)12-22-15(4)10-14(3)20-22/h7-11H,5-6,12-13H2,1-4H3,(H,19,23). The predicted molar refractivity (Wildman–Crippen MR) is 93.7 cm³/mol. The van der Waals surface area contributed by atoms with Gasteiger partial charge >= 0.3 is 0 Å². The summed E-state index contributed by atoms with van der Waals surface area (Å²) < 4.78 is 1.98. The van der Waals surface area contributed by atoms with Gasteiger partial charge in [-0.2, -0.15) is 5.10 Å². The van der Waals surface area contributed by atoms with Crippen LogP contribution in [0, 0.1) is 13.8 Å². The quantitative estimate of drug-likeness (QED) is 0.855. The molecule has 23 heavy (non-hydrogen) atoms. The van der Waals surface area contributed by atoms with Crippen molar-refractivity contribution in [2.45, 2.75) is 34.2 Å². The largest absolute Gasteiger partial charge is 0.325 e. The van der Waals surface area contributed by atoms with Gasteiger partial charge in [0.05, 0.1) is 18.8 Å². The first-order valence-corrected chi connectivity index (χ1v) is 8.14. The highest BCUT2D eigenvalue weighted by Crippen LogP contribution is 2.13. The van der Waals surface area contributed by atoms with Gasteiger partial charge in [-0.1, -0.05) is 26.0 Å². The first-order chi connectivity index (χ1) is 11.0. The van der Waals surface area contributed by atoms with Gasteiger partial charge in [0, 0.05) is 11.4 Å². The van der Waals surface area contributed by atoms with E-state index in [0.29, 0.717) is 13.1 Å². The molecule has 0 fully saturated rings. The molecule has 1 aromatic heterocycles. The number of benzene rings is 1. The minimum Gasteiger partial charge on any atom is -0.325 e. The van der Waals surface area contributed by atoms with Crippen molar-refractivity contribution < 1.29 is 4.79 Å². The third-order valence-electron chi connectivity index (χ3n) is 3.91. The van der Waals surface area contributed by atoms with E-state index in [0.717, 1.165) is 35.7 Å². The molecule has 2 rings (SSSR count). The molecule has 0 saturated heterocycles. The van der Waals surface area contributed by atoms with Crippen LogP contribution in [0.2, 0.25) is 0 Å². The monoisotopic (exact) mass is 314 g/mol. The molecule has 0 saturated carbocycles. The lowest BCUT2D eigenvalue weighted by Gasteiger charge is -2.17. The number of aryl methyl sites for hydroxylation is 2. The Morgan fingerprint density at radius 1 is 1.22 bits per heavy atom. The van der Waals surface area contributed by atoms with Crippen LogP contribution in [0.4, 0.5) is 5.69 Å². The molecule has 5 heteroatoms. The fourth-order valence-electron chi connectivity index (χ4n) is 2.61. The fraction of sp³-hybridized carbons (Fsp3) is 0.444. The molecule has 1 N–H and O–H groups in total. The van der Waals surface area contributed by atoms with Gasteiger partial charge in [0.2, 0.25) is 5.91 Å². The van der Waals surface area contributed by atoms with Gasteiger partial charge < -0.3 is 5.32 Å². The van der Waals surface area contributed by atoms with Crippen molar-refractivity contribution in [2.24, 2.45) is 0 Å². The average Bonchev–Trinajstić information content (AvgIpc) is 2.82. The maximum absolute atomic E-state index is 12.1. The highest BCUT2D eigenvalue weighted by Gasteiger charge is 2.08. The first kappa shape index (κ1) is 17.2. The Bertz CT molecular complexity index is 659. The maximum atomic E-state index is 12.1. The minimum absolute atomic E-state index is 0.0250. The number of likely N-dealkylation sites (N-methyl/N-ethyl adjacent to an activating group) is 1. The Morgan fingerprint density at radius 2 is 1.96 bits per heavy atom. The van der Waals surface area contributed by atoms with Gasteiger partial charge in [-0.3, -0.25) is 14.4 Å². The molecule has 0 unspecified atom stereocenters. The Kier molecular flexibility index (Phi) is 5.93. The maximum Gasteiger partial charge on any atom is 0.238 e. The highest BCUT2D eigenvalue weighted by molar-refractivity contribution is 5.92. The number of aromatic nitrogens is 2. The second kappa shape index (κ2) is 7.92. The zero-order valence-corrected chi connectivity index (χ0v) is 14.5. The second-order valence-electron chi connectivity index (χ2n) is 5.79. The third-order valence-corrected chi connectivity index (χ3v) is 3.91. The number of amides is 1. The number of nitrogens with one attached hydrogen (secondary N) is 1. The number of hydrogen-bond donors (Lipinski definition) is 1. The third kappa shape index (κ3) is 4.93. The molecule has 0 atom stereocenters. The van der Waals surface area contributed by atoms with E-state index in [2.05, 4.69) is 48.2 Å². The molecule has 0 aliphatic heterocycles. The number of rotatable bonds is 7. The number of hydrogen-bond acceptors (Lipinski definition) is 3. The molecule has 1 aromatic carbocycles. The molecule has 1 heterocycles. The van der Waals surface area contributed by atoms with E-state index in [4.69, 9.17) is 0 Å². The molecular formula is C18H26N4O. The number of nitrogens with zero attached hydrogens (tertiary/aromatic N) is 3. The summed E-state index contributed by atoms with van der Waals surface area (Å²) in [4.78, 5) is 14.2. The van der Waals surface area contributed by atoms with E-state index in [1.807, 2.05) is 29.8 Å². The summed E-state index contributed by atoms with van der Waals surface area (Å²) >= 11 is 0. The van der Waals surface area contributed by atoms with Crippen molar-refractivity contribution in [2.75, 3.05) is 25.0 Å². The summed E-state index contributed by atoms with van der Waals surface area (Å²) in [5.74, 6) is 0.0250. The average molecular weight is 314 g/mol. The van der Waals surface area contributed by atoms with E-state index in [9.17, 15) is 4.79 Å². The number of carbonyl (C=O) groups excluding carboxylic acids is 1. The van der Waals surface area contributed by atoms with E-state index in [-0.39, 0.29) is 5.91 Å². The lowest BCUT2D eigenvalue weighted by Crippen LogP contribution is -2.32. The van der Waals surface area contributed by atoms with Crippen LogP contribution in [0.3, 0.4) is 0 Å². The lowest BCUT2D eigenvalue weighted by molar-refractivity contribution is -0.117. The number of carbonyl (C=O) groups is 1. The van der Waals surface area contributed by atoms with Crippen LogP contribution in [0.5, 0.6) is 0 Å². The second-order valence-corrected chi connectivity index (χ2v) is 5.79.